The third-order valence-electron chi connectivity index (χ3n) is 4.57. The molecule has 0 spiro atoms. The minimum Gasteiger partial charge on any atom is -0.374 e. The molecule has 1 aliphatic carbocycles. The molecule has 1 saturated carbocycles. The van der Waals surface area contributed by atoms with E-state index in [0.29, 0.717) is 24.5 Å². The smallest absolute Gasteiger partial charge is 0.145 e. The predicted molar refractivity (Wildman–Crippen MR) is 85.1 cm³/mol. The first kappa shape index (κ1) is 16.7. The van der Waals surface area contributed by atoms with Gasteiger partial charge in [0.2, 0.25) is 0 Å². The van der Waals surface area contributed by atoms with Gasteiger partial charge in [-0.05, 0) is 43.7 Å². The van der Waals surface area contributed by atoms with Gasteiger partial charge >= 0.3 is 0 Å². The quantitative estimate of drug-likeness (QED) is 0.878. The molecule has 3 unspecified atom stereocenters. The topological polar surface area (TPSA) is 35.2 Å². The van der Waals surface area contributed by atoms with E-state index in [0.717, 1.165) is 19.3 Å². The Kier molecular flexibility index (Phi) is 5.64. The van der Waals surface area contributed by atoms with Crippen LogP contribution < -0.4 is 5.73 Å². The van der Waals surface area contributed by atoms with E-state index in [4.69, 9.17) is 22.1 Å². The lowest BCUT2D eigenvalue weighted by Crippen LogP contribution is -2.53. The van der Waals surface area contributed by atoms with Crippen LogP contribution in [0.2, 0.25) is 5.02 Å². The zero-order valence-electron chi connectivity index (χ0n) is 12.9. The summed E-state index contributed by atoms with van der Waals surface area (Å²) in [5.41, 5.74) is 6.69. The van der Waals surface area contributed by atoms with Gasteiger partial charge in [-0.1, -0.05) is 43.5 Å². The minimum atomic E-state index is -0.356. The molecule has 2 rings (SSSR count). The molecule has 3 atom stereocenters. The Balaban J connectivity index is 2.18. The van der Waals surface area contributed by atoms with Crippen molar-refractivity contribution >= 4 is 11.6 Å². The summed E-state index contributed by atoms with van der Waals surface area (Å²) < 4.78 is 20.2. The average molecular weight is 314 g/mol. The molecule has 0 bridgehead atoms. The average Bonchev–Trinajstić information content (AvgIpc) is 2.44. The molecule has 0 aromatic heterocycles. The van der Waals surface area contributed by atoms with E-state index in [-0.39, 0.29) is 22.5 Å². The van der Waals surface area contributed by atoms with Crippen LogP contribution in [0.25, 0.3) is 0 Å². The Morgan fingerprint density at radius 2 is 2.29 bits per heavy atom. The van der Waals surface area contributed by atoms with Crippen molar-refractivity contribution in [2.75, 3.05) is 6.61 Å². The third kappa shape index (κ3) is 3.77. The Morgan fingerprint density at radius 1 is 1.52 bits per heavy atom. The SMILES string of the molecule is CCOC1(C(N)Cc2cccc(Cl)c2F)CCCC(C)C1. The number of ether oxygens (including phenoxy) is 1. The molecule has 4 heteroatoms. The molecule has 1 fully saturated rings. The molecular formula is C17H25ClFNO. The Hall–Kier alpha value is -0.640. The Morgan fingerprint density at radius 3 is 2.95 bits per heavy atom. The molecule has 118 valence electrons. The fraction of sp³-hybridized carbons (Fsp3) is 0.647. The number of benzene rings is 1. The molecule has 1 aromatic carbocycles. The van der Waals surface area contributed by atoms with Gasteiger partial charge in [0.15, 0.2) is 0 Å². The van der Waals surface area contributed by atoms with E-state index in [1.54, 1.807) is 18.2 Å². The summed E-state index contributed by atoms with van der Waals surface area (Å²) in [5, 5.41) is 0.155. The number of hydrogen-bond acceptors (Lipinski definition) is 2. The van der Waals surface area contributed by atoms with E-state index in [2.05, 4.69) is 6.92 Å². The lowest BCUT2D eigenvalue weighted by Gasteiger charge is -2.44. The first-order chi connectivity index (χ1) is 9.98. The second-order valence-electron chi connectivity index (χ2n) is 6.22. The molecule has 0 saturated heterocycles. The van der Waals surface area contributed by atoms with Crippen LogP contribution >= 0.6 is 11.6 Å². The Labute approximate surface area is 131 Å². The summed E-state index contributed by atoms with van der Waals surface area (Å²) in [6, 6.07) is 4.87. The fourth-order valence-electron chi connectivity index (χ4n) is 3.54. The van der Waals surface area contributed by atoms with Gasteiger partial charge in [0.25, 0.3) is 0 Å². The zero-order chi connectivity index (χ0) is 15.5. The zero-order valence-corrected chi connectivity index (χ0v) is 13.6. The van der Waals surface area contributed by atoms with E-state index in [1.165, 1.54) is 6.42 Å². The molecule has 2 N–H and O–H groups in total. The van der Waals surface area contributed by atoms with Gasteiger partial charge < -0.3 is 10.5 Å². The normalized spacial score (nSPS) is 27.6. The molecule has 21 heavy (non-hydrogen) atoms. The van der Waals surface area contributed by atoms with E-state index in [9.17, 15) is 4.39 Å². The van der Waals surface area contributed by atoms with E-state index in [1.807, 2.05) is 6.92 Å². The van der Waals surface area contributed by atoms with Gasteiger partial charge in [-0.3, -0.25) is 0 Å². The van der Waals surface area contributed by atoms with Gasteiger partial charge in [-0.2, -0.15) is 0 Å². The largest absolute Gasteiger partial charge is 0.374 e. The van der Waals surface area contributed by atoms with Crippen LogP contribution in [0.5, 0.6) is 0 Å². The van der Waals surface area contributed by atoms with Crippen LogP contribution in [0.1, 0.15) is 45.1 Å². The number of rotatable bonds is 5. The van der Waals surface area contributed by atoms with Crippen molar-refractivity contribution in [2.24, 2.45) is 11.7 Å². The standard InChI is InChI=1S/C17H25ClFNO/c1-3-21-17(9-5-6-12(2)11-17)15(20)10-13-7-4-8-14(18)16(13)19/h4,7-8,12,15H,3,5-6,9-11,20H2,1-2H3. The summed E-state index contributed by atoms with van der Waals surface area (Å²) in [7, 11) is 0. The second-order valence-corrected chi connectivity index (χ2v) is 6.63. The van der Waals surface area contributed by atoms with Gasteiger partial charge in [-0.25, -0.2) is 4.39 Å². The maximum absolute atomic E-state index is 14.1. The summed E-state index contributed by atoms with van der Waals surface area (Å²) >= 11 is 5.86. The monoisotopic (exact) mass is 313 g/mol. The van der Waals surface area contributed by atoms with Crippen LogP contribution in [-0.2, 0) is 11.2 Å². The van der Waals surface area contributed by atoms with Crippen molar-refractivity contribution in [3.05, 3.63) is 34.6 Å². The van der Waals surface area contributed by atoms with Crippen molar-refractivity contribution in [2.45, 2.75) is 57.6 Å². The summed E-state index contributed by atoms with van der Waals surface area (Å²) in [4.78, 5) is 0. The highest BCUT2D eigenvalue weighted by molar-refractivity contribution is 6.30. The molecule has 0 aliphatic heterocycles. The second kappa shape index (κ2) is 7.08. The van der Waals surface area contributed by atoms with Crippen molar-refractivity contribution < 1.29 is 9.13 Å². The van der Waals surface area contributed by atoms with Crippen LogP contribution in [0.3, 0.4) is 0 Å². The highest BCUT2D eigenvalue weighted by Gasteiger charge is 2.41. The molecule has 1 aliphatic rings. The molecule has 2 nitrogen and oxygen atoms in total. The van der Waals surface area contributed by atoms with Gasteiger partial charge in [0.05, 0.1) is 10.6 Å². The molecule has 0 amide bonds. The van der Waals surface area contributed by atoms with Gasteiger partial charge in [0, 0.05) is 12.6 Å². The summed E-state index contributed by atoms with van der Waals surface area (Å²) in [6.07, 6.45) is 4.69. The van der Waals surface area contributed by atoms with Crippen LogP contribution in [0.15, 0.2) is 18.2 Å². The summed E-state index contributed by atoms with van der Waals surface area (Å²) in [6.45, 7) is 4.87. The van der Waals surface area contributed by atoms with Crippen LogP contribution in [0.4, 0.5) is 4.39 Å². The maximum Gasteiger partial charge on any atom is 0.145 e. The number of hydrogen-bond donors (Lipinski definition) is 1. The Bertz CT molecular complexity index is 478. The fourth-order valence-corrected chi connectivity index (χ4v) is 3.73. The number of nitrogens with two attached hydrogens (primary N) is 1. The van der Waals surface area contributed by atoms with Crippen LogP contribution in [-0.4, -0.2) is 18.2 Å². The first-order valence-electron chi connectivity index (χ1n) is 7.81. The maximum atomic E-state index is 14.1. The van der Waals surface area contributed by atoms with Crippen molar-refractivity contribution in [3.63, 3.8) is 0 Å². The summed E-state index contributed by atoms with van der Waals surface area (Å²) in [5.74, 6) is 0.241. The minimum absolute atomic E-state index is 0.155. The van der Waals surface area contributed by atoms with E-state index < -0.39 is 0 Å². The van der Waals surface area contributed by atoms with Crippen molar-refractivity contribution in [1.82, 2.24) is 0 Å². The predicted octanol–water partition coefficient (Wildman–Crippen LogP) is 4.33. The molecule has 0 radical (unpaired) electrons. The molecule has 0 heterocycles. The molecule has 1 aromatic rings. The van der Waals surface area contributed by atoms with Gasteiger partial charge in [-0.15, -0.1) is 0 Å². The highest BCUT2D eigenvalue weighted by atomic mass is 35.5. The lowest BCUT2D eigenvalue weighted by molar-refractivity contribution is -0.0926. The lowest BCUT2D eigenvalue weighted by atomic mass is 9.73. The third-order valence-corrected chi connectivity index (χ3v) is 4.86. The molecular weight excluding hydrogens is 289 g/mol. The highest BCUT2D eigenvalue weighted by Crippen LogP contribution is 2.38. The van der Waals surface area contributed by atoms with Crippen molar-refractivity contribution in [1.29, 1.82) is 0 Å². The first-order valence-corrected chi connectivity index (χ1v) is 8.18. The van der Waals surface area contributed by atoms with E-state index >= 15 is 0 Å². The van der Waals surface area contributed by atoms with Crippen molar-refractivity contribution in [3.8, 4) is 0 Å². The van der Waals surface area contributed by atoms with Gasteiger partial charge in [0.1, 0.15) is 5.82 Å². The number of halogens is 2. The van der Waals surface area contributed by atoms with Crippen LogP contribution in [0, 0.1) is 11.7 Å².